The van der Waals surface area contributed by atoms with Crippen LogP contribution in [0.25, 0.3) is 0 Å². The van der Waals surface area contributed by atoms with Gasteiger partial charge in [-0.05, 0) is 98.9 Å². The molecule has 0 aromatic heterocycles. The van der Waals surface area contributed by atoms with Crippen LogP contribution in [0.4, 0.5) is 13.2 Å². The quantitative estimate of drug-likeness (QED) is 0.273. The molecule has 3 aliphatic rings. The minimum Gasteiger partial charge on any atom is -0.427 e. The molecule has 0 N–H and O–H groups in total. The number of fused-ring (bicyclic) bond motifs is 1. The van der Waals surface area contributed by atoms with Gasteiger partial charge in [0.1, 0.15) is 5.75 Å². The highest BCUT2D eigenvalue weighted by atomic mass is 19.4. The maximum Gasteiger partial charge on any atom is 0.416 e. The number of hydrogen-bond donors (Lipinski definition) is 0. The number of esters is 1. The Balaban J connectivity index is 1.35. The highest BCUT2D eigenvalue weighted by molar-refractivity contribution is 5.94. The lowest BCUT2D eigenvalue weighted by molar-refractivity contribution is -0.137. The van der Waals surface area contributed by atoms with Crippen LogP contribution in [0.1, 0.15) is 62.1 Å². The van der Waals surface area contributed by atoms with E-state index in [9.17, 15) is 22.8 Å². The molecule has 2 aromatic rings. The summed E-state index contributed by atoms with van der Waals surface area (Å²) in [5.41, 5.74) is 0.600. The normalized spacial score (nSPS) is 24.8. The summed E-state index contributed by atoms with van der Waals surface area (Å²) in [5, 5.41) is 0. The Morgan fingerprint density at radius 2 is 1.85 bits per heavy atom. The van der Waals surface area contributed by atoms with Crippen LogP contribution in [0.5, 0.6) is 5.75 Å². The monoisotopic (exact) mass is 552 g/mol. The van der Waals surface area contributed by atoms with E-state index in [0.717, 1.165) is 68.9 Å². The largest absolute Gasteiger partial charge is 0.427 e. The number of nitrogens with zero attached hydrogens (tertiary/aromatic N) is 2. The van der Waals surface area contributed by atoms with Crippen molar-refractivity contribution in [1.29, 1.82) is 0 Å². The topological polar surface area (TPSA) is 49.9 Å². The molecule has 0 spiro atoms. The van der Waals surface area contributed by atoms with Crippen LogP contribution in [-0.4, -0.2) is 54.4 Å². The Labute approximate surface area is 233 Å². The van der Waals surface area contributed by atoms with Gasteiger partial charge in [-0.25, -0.2) is 0 Å². The van der Waals surface area contributed by atoms with Crippen molar-refractivity contribution in [1.82, 2.24) is 9.80 Å². The van der Waals surface area contributed by atoms with Crippen molar-refractivity contribution in [3.63, 3.8) is 0 Å². The van der Waals surface area contributed by atoms with Gasteiger partial charge >= 0.3 is 12.1 Å². The minimum atomic E-state index is -4.41. The molecule has 0 radical (unpaired) electrons. The summed E-state index contributed by atoms with van der Waals surface area (Å²) < 4.78 is 44.0. The fraction of sp³-hybridized carbons (Fsp3) is 0.500. The van der Waals surface area contributed by atoms with E-state index in [1.165, 1.54) is 31.9 Å². The average Bonchev–Trinajstić information content (AvgIpc) is 3.74. The number of alkyl halides is 3. The molecular weight excluding hydrogens is 517 g/mol. The van der Waals surface area contributed by atoms with Crippen molar-refractivity contribution in [3.8, 4) is 17.6 Å². The molecule has 2 aliphatic carbocycles. The summed E-state index contributed by atoms with van der Waals surface area (Å²) in [5.74, 6) is 6.44. The number of likely N-dealkylation sites (tertiary alicyclic amines) is 1. The zero-order valence-electron chi connectivity index (χ0n) is 23.0. The van der Waals surface area contributed by atoms with Gasteiger partial charge in [0.2, 0.25) is 0 Å². The van der Waals surface area contributed by atoms with Crippen LogP contribution in [0.3, 0.4) is 0 Å². The van der Waals surface area contributed by atoms with E-state index >= 15 is 0 Å². The Bertz CT molecular complexity index is 1310. The summed E-state index contributed by atoms with van der Waals surface area (Å²) in [7, 11) is 1.76. The lowest BCUT2D eigenvalue weighted by atomic mass is 9.57. The van der Waals surface area contributed by atoms with E-state index in [1.807, 2.05) is 12.1 Å². The average molecular weight is 553 g/mol. The minimum absolute atomic E-state index is 0.0296. The maximum atomic E-state index is 13.1. The van der Waals surface area contributed by atoms with Crippen LogP contribution in [0.15, 0.2) is 48.5 Å². The van der Waals surface area contributed by atoms with E-state index in [2.05, 4.69) is 22.8 Å². The molecule has 5 rings (SSSR count). The first-order valence-corrected chi connectivity index (χ1v) is 14.0. The Hall–Kier alpha value is -3.31. The fourth-order valence-corrected chi connectivity index (χ4v) is 6.51. The summed E-state index contributed by atoms with van der Waals surface area (Å²) in [4.78, 5) is 29.0. The van der Waals surface area contributed by atoms with Crippen molar-refractivity contribution >= 4 is 11.9 Å². The van der Waals surface area contributed by atoms with Gasteiger partial charge < -0.3 is 14.5 Å². The van der Waals surface area contributed by atoms with Gasteiger partial charge in [-0.2, -0.15) is 13.2 Å². The predicted octanol–water partition coefficient (Wildman–Crippen LogP) is 5.66. The second-order valence-corrected chi connectivity index (χ2v) is 11.6. The molecule has 5 nitrogen and oxygen atoms in total. The fourth-order valence-electron chi connectivity index (χ4n) is 6.51. The lowest BCUT2D eigenvalue weighted by Gasteiger charge is -2.54. The third-order valence-corrected chi connectivity index (χ3v) is 8.86. The molecular formula is C32H35F3N2O3. The number of carbonyl (C=O) groups excluding carboxylic acids is 2. The predicted molar refractivity (Wildman–Crippen MR) is 145 cm³/mol. The van der Waals surface area contributed by atoms with Crippen molar-refractivity contribution in [2.45, 2.75) is 63.1 Å². The zero-order chi connectivity index (χ0) is 28.5. The van der Waals surface area contributed by atoms with Crippen LogP contribution < -0.4 is 4.74 Å². The summed E-state index contributed by atoms with van der Waals surface area (Å²) in [6.07, 6.45) is 1.79. The maximum absolute atomic E-state index is 13.1. The third kappa shape index (κ3) is 6.36. The van der Waals surface area contributed by atoms with Crippen molar-refractivity contribution in [2.24, 2.45) is 11.8 Å². The number of ether oxygens (including phenoxy) is 1. The second kappa shape index (κ2) is 11.3. The number of halogens is 3. The van der Waals surface area contributed by atoms with E-state index in [4.69, 9.17) is 4.74 Å². The van der Waals surface area contributed by atoms with Crippen molar-refractivity contribution < 1.29 is 27.5 Å². The van der Waals surface area contributed by atoms with E-state index in [-0.39, 0.29) is 23.3 Å². The zero-order valence-corrected chi connectivity index (χ0v) is 23.0. The molecule has 3 atom stereocenters. The Morgan fingerprint density at radius 1 is 1.10 bits per heavy atom. The summed E-state index contributed by atoms with van der Waals surface area (Å²) >= 11 is 0. The highest BCUT2D eigenvalue weighted by Gasteiger charge is 2.49. The van der Waals surface area contributed by atoms with E-state index < -0.39 is 11.7 Å². The molecule has 212 valence electrons. The first-order chi connectivity index (χ1) is 19.0. The van der Waals surface area contributed by atoms with Gasteiger partial charge in [0.15, 0.2) is 0 Å². The second-order valence-electron chi connectivity index (χ2n) is 11.6. The first kappa shape index (κ1) is 28.2. The summed E-state index contributed by atoms with van der Waals surface area (Å²) in [6.45, 7) is 4.56. The van der Waals surface area contributed by atoms with Gasteiger partial charge in [-0.15, -0.1) is 0 Å². The van der Waals surface area contributed by atoms with Crippen molar-refractivity contribution in [2.75, 3.05) is 26.7 Å². The molecule has 2 aromatic carbocycles. The van der Waals surface area contributed by atoms with Gasteiger partial charge in [0.25, 0.3) is 5.91 Å². The standard InChI is InChI=1S/C32H35F3N2O3/c1-22(38)40-29-5-3-4-26(18-29)31-16-17-37(20-24-6-7-24)21-27(31)13-14-28(19-31)36(2)30(39)15-10-23-8-11-25(12-9-23)32(33,34)35/h3-5,8-9,11-12,18,24,27-28H,6-7,13-14,16-17,19-21H2,1-2H3/t27-,28-,31+/m1/s1. The molecule has 40 heavy (non-hydrogen) atoms. The van der Waals surface area contributed by atoms with Crippen molar-refractivity contribution in [3.05, 3.63) is 65.2 Å². The molecule has 1 heterocycles. The molecule has 1 amide bonds. The van der Waals surface area contributed by atoms with E-state index in [0.29, 0.717) is 17.2 Å². The molecule has 3 fully saturated rings. The van der Waals surface area contributed by atoms with Gasteiger partial charge in [-0.3, -0.25) is 9.59 Å². The SMILES string of the molecule is CC(=O)Oc1cccc([C@@]23CCN(CC4CC4)C[C@H]2CC[C@@H](N(C)C(=O)C#Cc2ccc(C(F)(F)F)cc2)C3)c1. The smallest absolute Gasteiger partial charge is 0.416 e. The van der Waals surface area contributed by atoms with Crippen LogP contribution in [0.2, 0.25) is 0 Å². The van der Waals surface area contributed by atoms with Gasteiger partial charge in [0, 0.05) is 50.0 Å². The Kier molecular flexibility index (Phi) is 7.96. The number of carbonyl (C=O) groups is 2. The lowest BCUT2D eigenvalue weighted by Crippen LogP contribution is -2.56. The third-order valence-electron chi connectivity index (χ3n) is 8.86. The molecule has 0 bridgehead atoms. The number of amides is 1. The highest BCUT2D eigenvalue weighted by Crippen LogP contribution is 2.51. The number of piperidine rings is 1. The number of rotatable bonds is 5. The van der Waals surface area contributed by atoms with Crippen LogP contribution >= 0.6 is 0 Å². The molecule has 8 heteroatoms. The van der Waals surface area contributed by atoms with E-state index in [1.54, 1.807) is 18.0 Å². The molecule has 2 saturated carbocycles. The van der Waals surface area contributed by atoms with Crippen LogP contribution in [-0.2, 0) is 21.2 Å². The molecule has 0 unspecified atom stereocenters. The number of benzene rings is 2. The molecule has 1 saturated heterocycles. The van der Waals surface area contributed by atoms with Crippen LogP contribution in [0, 0.1) is 23.7 Å². The van der Waals surface area contributed by atoms with Gasteiger partial charge in [-0.1, -0.05) is 18.1 Å². The Morgan fingerprint density at radius 3 is 2.52 bits per heavy atom. The summed E-state index contributed by atoms with van der Waals surface area (Å²) in [6, 6.07) is 12.3. The van der Waals surface area contributed by atoms with Gasteiger partial charge in [0.05, 0.1) is 5.56 Å². The number of hydrogen-bond acceptors (Lipinski definition) is 4. The first-order valence-electron chi connectivity index (χ1n) is 14.0. The molecule has 1 aliphatic heterocycles.